The number of aromatic nitrogens is 4. The summed E-state index contributed by atoms with van der Waals surface area (Å²) in [5.74, 6) is 1.18. The molecule has 1 unspecified atom stereocenters. The van der Waals surface area contributed by atoms with Crippen LogP contribution >= 0.6 is 11.8 Å². The number of carbonyl (C=O) groups is 1. The van der Waals surface area contributed by atoms with Gasteiger partial charge in [0.15, 0.2) is 5.16 Å². The molecule has 0 aliphatic heterocycles. The third kappa shape index (κ3) is 4.39. The largest absolute Gasteiger partial charge is 0.353 e. The van der Waals surface area contributed by atoms with Crippen LogP contribution in [0.4, 0.5) is 0 Å². The maximum atomic E-state index is 13.6. The van der Waals surface area contributed by atoms with Crippen molar-refractivity contribution in [2.75, 3.05) is 5.75 Å². The third-order valence-electron chi connectivity index (χ3n) is 5.92. The maximum absolute atomic E-state index is 13.6. The normalized spacial score (nSPS) is 12.7. The SMILES string of the molecule is CC(C)c1ccccc1-n1c(=O)c2ccccc2n2c(SCC(=O)NC(C)C(C)C)nnc12. The first-order valence-corrected chi connectivity index (χ1v) is 12.2. The van der Waals surface area contributed by atoms with E-state index >= 15 is 0 Å². The van der Waals surface area contributed by atoms with Crippen LogP contribution in [0.15, 0.2) is 58.5 Å². The second kappa shape index (κ2) is 9.39. The molecule has 8 heteroatoms. The fourth-order valence-electron chi connectivity index (χ4n) is 3.76. The molecular weight excluding hydrogens is 434 g/mol. The van der Waals surface area contributed by atoms with Crippen LogP contribution < -0.4 is 10.9 Å². The highest BCUT2D eigenvalue weighted by atomic mass is 32.2. The summed E-state index contributed by atoms with van der Waals surface area (Å²) in [6, 6.07) is 15.4. The molecule has 172 valence electrons. The van der Waals surface area contributed by atoms with Crippen molar-refractivity contribution in [3.63, 3.8) is 0 Å². The first-order valence-electron chi connectivity index (χ1n) is 11.2. The second-order valence-corrected chi connectivity index (χ2v) is 9.82. The van der Waals surface area contributed by atoms with E-state index < -0.39 is 0 Å². The van der Waals surface area contributed by atoms with Crippen LogP contribution in [-0.4, -0.2) is 36.9 Å². The van der Waals surface area contributed by atoms with E-state index in [1.807, 2.05) is 59.9 Å². The topological polar surface area (TPSA) is 81.3 Å². The molecule has 1 amide bonds. The van der Waals surface area contributed by atoms with E-state index in [1.165, 1.54) is 11.8 Å². The average molecular weight is 464 g/mol. The van der Waals surface area contributed by atoms with Crippen molar-refractivity contribution < 1.29 is 4.79 Å². The number of para-hydroxylation sites is 2. The van der Waals surface area contributed by atoms with Crippen LogP contribution in [0.25, 0.3) is 22.4 Å². The first kappa shape index (κ1) is 23.0. The highest BCUT2D eigenvalue weighted by Gasteiger charge is 2.21. The van der Waals surface area contributed by atoms with E-state index in [4.69, 9.17) is 0 Å². The molecule has 0 radical (unpaired) electrons. The number of rotatable bonds is 7. The van der Waals surface area contributed by atoms with Gasteiger partial charge in [-0.3, -0.25) is 14.0 Å². The van der Waals surface area contributed by atoms with Gasteiger partial charge >= 0.3 is 0 Å². The summed E-state index contributed by atoms with van der Waals surface area (Å²) >= 11 is 1.32. The van der Waals surface area contributed by atoms with Crippen LogP contribution in [0.2, 0.25) is 0 Å². The van der Waals surface area contributed by atoms with Gasteiger partial charge in [-0.15, -0.1) is 10.2 Å². The quantitative estimate of drug-likeness (QED) is 0.411. The van der Waals surface area contributed by atoms with Crippen molar-refractivity contribution in [2.45, 2.75) is 51.7 Å². The Morgan fingerprint density at radius 2 is 1.70 bits per heavy atom. The zero-order valence-corrected chi connectivity index (χ0v) is 20.4. The van der Waals surface area contributed by atoms with Crippen LogP contribution in [0.1, 0.15) is 46.1 Å². The van der Waals surface area contributed by atoms with Gasteiger partial charge in [-0.05, 0) is 42.5 Å². The zero-order valence-electron chi connectivity index (χ0n) is 19.6. The zero-order chi connectivity index (χ0) is 23.7. The number of thioether (sulfide) groups is 1. The number of benzene rings is 2. The summed E-state index contributed by atoms with van der Waals surface area (Å²) in [7, 11) is 0. The standard InChI is InChI=1S/C25H29N5O2S/c1-15(2)17(5)26-22(31)14-33-25-28-27-24-29(20-12-8-6-10-18(20)16(3)4)23(32)19-11-7-9-13-21(19)30(24)25/h6-13,15-17H,14H2,1-5H3,(H,26,31). The lowest BCUT2D eigenvalue weighted by Crippen LogP contribution is -2.37. The fraction of sp³-hybridized carbons (Fsp3) is 0.360. The number of amides is 1. The Hall–Kier alpha value is -3.13. The van der Waals surface area contributed by atoms with Gasteiger partial charge in [-0.1, -0.05) is 69.8 Å². The molecule has 1 atom stereocenters. The molecule has 0 spiro atoms. The molecule has 0 aliphatic rings. The van der Waals surface area contributed by atoms with Gasteiger partial charge in [-0.2, -0.15) is 0 Å². The molecular formula is C25H29N5O2S. The number of hydrogen-bond acceptors (Lipinski definition) is 5. The van der Waals surface area contributed by atoms with Gasteiger partial charge in [0.05, 0.1) is 22.3 Å². The highest BCUT2D eigenvalue weighted by molar-refractivity contribution is 7.99. The first-order chi connectivity index (χ1) is 15.8. The lowest BCUT2D eigenvalue weighted by Gasteiger charge is -2.17. The Balaban J connectivity index is 1.85. The summed E-state index contributed by atoms with van der Waals surface area (Å²) < 4.78 is 3.51. The number of hydrogen-bond donors (Lipinski definition) is 1. The molecule has 7 nitrogen and oxygen atoms in total. The minimum Gasteiger partial charge on any atom is -0.353 e. The van der Waals surface area contributed by atoms with Crippen LogP contribution in [0.3, 0.4) is 0 Å². The Bertz CT molecular complexity index is 1370. The van der Waals surface area contributed by atoms with Gasteiger partial charge in [0.25, 0.3) is 5.56 Å². The fourth-order valence-corrected chi connectivity index (χ4v) is 4.51. The summed E-state index contributed by atoms with van der Waals surface area (Å²) in [5, 5.41) is 12.9. The Morgan fingerprint density at radius 1 is 1.00 bits per heavy atom. The van der Waals surface area contributed by atoms with Gasteiger partial charge in [0, 0.05) is 6.04 Å². The molecule has 0 aliphatic carbocycles. The second-order valence-electron chi connectivity index (χ2n) is 8.88. The molecule has 4 rings (SSSR count). The minimum atomic E-state index is -0.140. The van der Waals surface area contributed by atoms with Crippen molar-refractivity contribution in [3.05, 3.63) is 64.4 Å². The predicted octanol–water partition coefficient (Wildman–Crippen LogP) is 4.41. The van der Waals surface area contributed by atoms with E-state index in [0.717, 1.165) is 16.8 Å². The van der Waals surface area contributed by atoms with E-state index in [2.05, 4.69) is 43.2 Å². The summed E-state index contributed by atoms with van der Waals surface area (Å²) in [6.07, 6.45) is 0. The highest BCUT2D eigenvalue weighted by Crippen LogP contribution is 2.27. The lowest BCUT2D eigenvalue weighted by molar-refractivity contribution is -0.119. The van der Waals surface area contributed by atoms with E-state index in [-0.39, 0.29) is 29.2 Å². The monoisotopic (exact) mass is 463 g/mol. The number of carbonyl (C=O) groups excluding carboxylic acids is 1. The van der Waals surface area contributed by atoms with Gasteiger partial charge in [0.2, 0.25) is 11.7 Å². The smallest absolute Gasteiger partial charge is 0.267 e. The molecule has 4 aromatic rings. The molecule has 1 N–H and O–H groups in total. The van der Waals surface area contributed by atoms with Crippen LogP contribution in [0.5, 0.6) is 0 Å². The van der Waals surface area contributed by atoms with Crippen molar-refractivity contribution in [3.8, 4) is 5.69 Å². The summed E-state index contributed by atoms with van der Waals surface area (Å²) in [4.78, 5) is 26.1. The van der Waals surface area contributed by atoms with Gasteiger partial charge in [0.1, 0.15) is 0 Å². The minimum absolute atomic E-state index is 0.0549. The van der Waals surface area contributed by atoms with Crippen molar-refractivity contribution in [1.29, 1.82) is 0 Å². The predicted molar refractivity (Wildman–Crippen MR) is 133 cm³/mol. The Labute approximate surface area is 197 Å². The summed E-state index contributed by atoms with van der Waals surface area (Å²) in [5.41, 5.74) is 2.43. The van der Waals surface area contributed by atoms with Crippen molar-refractivity contribution >= 4 is 34.3 Å². The molecule has 0 bridgehead atoms. The van der Waals surface area contributed by atoms with E-state index in [9.17, 15) is 9.59 Å². The number of fused-ring (bicyclic) bond motifs is 3. The number of nitrogens with one attached hydrogen (secondary N) is 1. The maximum Gasteiger partial charge on any atom is 0.267 e. The molecule has 0 saturated heterocycles. The average Bonchev–Trinajstić information content (AvgIpc) is 3.21. The molecule has 33 heavy (non-hydrogen) atoms. The Morgan fingerprint density at radius 3 is 2.42 bits per heavy atom. The van der Waals surface area contributed by atoms with Crippen molar-refractivity contribution in [1.82, 2.24) is 24.5 Å². The molecule has 0 fully saturated rings. The molecule has 2 aromatic heterocycles. The van der Waals surface area contributed by atoms with Gasteiger partial charge < -0.3 is 5.32 Å². The van der Waals surface area contributed by atoms with Crippen LogP contribution in [-0.2, 0) is 4.79 Å². The van der Waals surface area contributed by atoms with E-state index in [0.29, 0.717) is 22.2 Å². The molecule has 2 heterocycles. The Kier molecular flexibility index (Phi) is 6.56. The molecule has 0 saturated carbocycles. The van der Waals surface area contributed by atoms with Gasteiger partial charge in [-0.25, -0.2) is 4.57 Å². The molecule has 2 aromatic carbocycles. The third-order valence-corrected chi connectivity index (χ3v) is 6.84. The lowest BCUT2D eigenvalue weighted by atomic mass is 10.0. The van der Waals surface area contributed by atoms with E-state index in [1.54, 1.807) is 4.57 Å². The number of nitrogens with zero attached hydrogens (tertiary/aromatic N) is 4. The van der Waals surface area contributed by atoms with Crippen molar-refractivity contribution in [2.24, 2.45) is 5.92 Å². The summed E-state index contributed by atoms with van der Waals surface area (Å²) in [6.45, 7) is 10.3. The van der Waals surface area contributed by atoms with Crippen LogP contribution in [0, 0.1) is 5.92 Å².